The van der Waals surface area contributed by atoms with Crippen LogP contribution in [0.1, 0.15) is 46.5 Å². The molecule has 0 aromatic heterocycles. The van der Waals surface area contributed by atoms with Crippen LogP contribution in [0.15, 0.2) is 0 Å². The van der Waals surface area contributed by atoms with Gasteiger partial charge in [-0.1, -0.05) is 13.8 Å². The molecule has 0 heterocycles. The summed E-state index contributed by atoms with van der Waals surface area (Å²) >= 11 is 0. The van der Waals surface area contributed by atoms with Gasteiger partial charge in [0, 0.05) is 18.1 Å². The van der Waals surface area contributed by atoms with Crippen LogP contribution in [-0.2, 0) is 0 Å². The van der Waals surface area contributed by atoms with Crippen LogP contribution in [-0.4, -0.2) is 37.1 Å². The van der Waals surface area contributed by atoms with E-state index in [4.69, 9.17) is 0 Å². The van der Waals surface area contributed by atoms with Gasteiger partial charge in [0.25, 0.3) is 0 Å². The first-order valence-corrected chi connectivity index (χ1v) is 7.43. The molecule has 1 N–H and O–H groups in total. The zero-order valence-electron chi connectivity index (χ0n) is 12.2. The summed E-state index contributed by atoms with van der Waals surface area (Å²) in [4.78, 5) is 2.68. The highest BCUT2D eigenvalue weighted by Crippen LogP contribution is 2.39. The zero-order valence-corrected chi connectivity index (χ0v) is 12.2. The maximum atomic E-state index is 3.57. The molecule has 5 unspecified atom stereocenters. The molecule has 2 saturated carbocycles. The lowest BCUT2D eigenvalue weighted by atomic mass is 9.75. The first-order chi connectivity index (χ1) is 8.04. The van der Waals surface area contributed by atoms with E-state index in [0.29, 0.717) is 6.04 Å². The monoisotopic (exact) mass is 238 g/mol. The average molecular weight is 238 g/mol. The van der Waals surface area contributed by atoms with Crippen LogP contribution in [0.4, 0.5) is 0 Å². The van der Waals surface area contributed by atoms with Crippen molar-refractivity contribution in [1.29, 1.82) is 0 Å². The van der Waals surface area contributed by atoms with E-state index in [9.17, 15) is 0 Å². The number of rotatable bonds is 4. The third-order valence-corrected chi connectivity index (χ3v) is 5.21. The van der Waals surface area contributed by atoms with Crippen molar-refractivity contribution in [2.45, 2.75) is 64.6 Å². The second-order valence-electron chi connectivity index (χ2n) is 6.68. The van der Waals surface area contributed by atoms with Crippen molar-refractivity contribution >= 4 is 0 Å². The van der Waals surface area contributed by atoms with Crippen molar-refractivity contribution in [2.75, 3.05) is 14.1 Å². The summed E-state index contributed by atoms with van der Waals surface area (Å²) in [6.07, 6.45) is 5.64. The predicted octanol–water partition coefficient (Wildman–Crippen LogP) is 2.74. The van der Waals surface area contributed by atoms with E-state index < -0.39 is 0 Å². The van der Waals surface area contributed by atoms with E-state index in [-0.39, 0.29) is 0 Å². The first-order valence-electron chi connectivity index (χ1n) is 7.43. The molecule has 0 saturated heterocycles. The molecule has 0 amide bonds. The van der Waals surface area contributed by atoms with Gasteiger partial charge in [-0.05, 0) is 64.5 Å². The summed E-state index contributed by atoms with van der Waals surface area (Å²) in [6, 6.07) is 2.18. The van der Waals surface area contributed by atoms with E-state index in [1.807, 2.05) is 0 Å². The summed E-state index contributed by atoms with van der Waals surface area (Å²) in [6.45, 7) is 7.28. The van der Waals surface area contributed by atoms with Crippen molar-refractivity contribution in [3.8, 4) is 0 Å². The number of likely N-dealkylation sites (N-methyl/N-ethyl adjacent to an activating group) is 2. The van der Waals surface area contributed by atoms with Gasteiger partial charge in [0.05, 0.1) is 0 Å². The molecule has 2 fully saturated rings. The van der Waals surface area contributed by atoms with Crippen molar-refractivity contribution in [3.63, 3.8) is 0 Å². The van der Waals surface area contributed by atoms with Crippen LogP contribution < -0.4 is 5.32 Å². The highest BCUT2D eigenvalue weighted by molar-refractivity contribution is 4.96. The normalized spacial score (nSPS) is 40.6. The molecule has 100 valence electrons. The summed E-state index contributed by atoms with van der Waals surface area (Å²) in [7, 11) is 4.49. The van der Waals surface area contributed by atoms with E-state index in [1.54, 1.807) is 0 Å². The van der Waals surface area contributed by atoms with Gasteiger partial charge >= 0.3 is 0 Å². The van der Waals surface area contributed by atoms with Crippen LogP contribution in [0.25, 0.3) is 0 Å². The minimum Gasteiger partial charge on any atom is -0.315 e. The highest BCUT2D eigenvalue weighted by Gasteiger charge is 2.40. The van der Waals surface area contributed by atoms with E-state index in [0.717, 1.165) is 29.8 Å². The summed E-state index contributed by atoms with van der Waals surface area (Å²) in [5, 5.41) is 3.57. The first kappa shape index (κ1) is 13.4. The van der Waals surface area contributed by atoms with E-state index in [2.05, 4.69) is 45.1 Å². The molecule has 0 bridgehead atoms. The molecule has 0 spiro atoms. The second kappa shape index (κ2) is 5.27. The fraction of sp³-hybridized carbons (Fsp3) is 1.00. The summed E-state index contributed by atoms with van der Waals surface area (Å²) in [5.41, 5.74) is 0. The highest BCUT2D eigenvalue weighted by atomic mass is 15.2. The van der Waals surface area contributed by atoms with Crippen molar-refractivity contribution in [2.24, 2.45) is 17.8 Å². The van der Waals surface area contributed by atoms with Crippen LogP contribution in [0.3, 0.4) is 0 Å². The lowest BCUT2D eigenvalue weighted by molar-refractivity contribution is 0.0515. The lowest BCUT2D eigenvalue weighted by Crippen LogP contribution is -2.57. The summed E-state index contributed by atoms with van der Waals surface area (Å²) in [5.74, 6) is 2.68. The largest absolute Gasteiger partial charge is 0.315 e. The van der Waals surface area contributed by atoms with Crippen molar-refractivity contribution in [1.82, 2.24) is 10.2 Å². The number of hydrogen-bond donors (Lipinski definition) is 1. The van der Waals surface area contributed by atoms with Gasteiger partial charge in [-0.3, -0.25) is 4.90 Å². The molecule has 2 aliphatic carbocycles. The van der Waals surface area contributed by atoms with Gasteiger partial charge in [-0.25, -0.2) is 0 Å². The molecule has 0 radical (unpaired) electrons. The smallest absolute Gasteiger partial charge is 0.0274 e. The van der Waals surface area contributed by atoms with Crippen LogP contribution >= 0.6 is 0 Å². The molecule has 5 atom stereocenters. The summed E-state index contributed by atoms with van der Waals surface area (Å²) < 4.78 is 0. The van der Waals surface area contributed by atoms with Crippen molar-refractivity contribution < 1.29 is 0 Å². The Hall–Kier alpha value is -0.0800. The number of nitrogens with one attached hydrogen (secondary N) is 1. The fourth-order valence-corrected chi connectivity index (χ4v) is 4.00. The van der Waals surface area contributed by atoms with Gasteiger partial charge < -0.3 is 5.32 Å². The van der Waals surface area contributed by atoms with Crippen molar-refractivity contribution in [3.05, 3.63) is 0 Å². The molecule has 17 heavy (non-hydrogen) atoms. The molecule has 0 aromatic rings. The Balaban J connectivity index is 2.04. The Morgan fingerprint density at radius 3 is 2.35 bits per heavy atom. The number of hydrogen-bond acceptors (Lipinski definition) is 2. The van der Waals surface area contributed by atoms with Gasteiger partial charge in [-0.2, -0.15) is 0 Å². The molecular weight excluding hydrogens is 208 g/mol. The third kappa shape index (κ3) is 2.85. The second-order valence-corrected chi connectivity index (χ2v) is 6.68. The molecule has 0 aromatic carbocycles. The molecule has 0 aliphatic heterocycles. The quantitative estimate of drug-likeness (QED) is 0.810. The zero-order chi connectivity index (χ0) is 12.6. The average Bonchev–Trinajstić information content (AvgIpc) is 3.09. The SMILES string of the molecule is CNC1CC(C)CC(C)C1N(C)C(C)C1CC1. The maximum Gasteiger partial charge on any atom is 0.0274 e. The third-order valence-electron chi connectivity index (χ3n) is 5.21. The van der Waals surface area contributed by atoms with Gasteiger partial charge in [0.2, 0.25) is 0 Å². The van der Waals surface area contributed by atoms with E-state index >= 15 is 0 Å². The predicted molar refractivity (Wildman–Crippen MR) is 74.1 cm³/mol. The molecule has 2 heteroatoms. The molecule has 2 nitrogen and oxygen atoms in total. The van der Waals surface area contributed by atoms with Gasteiger partial charge in [-0.15, -0.1) is 0 Å². The Morgan fingerprint density at radius 1 is 1.18 bits per heavy atom. The van der Waals surface area contributed by atoms with Crippen LogP contribution in [0.2, 0.25) is 0 Å². The lowest BCUT2D eigenvalue weighted by Gasteiger charge is -2.46. The fourth-order valence-electron chi connectivity index (χ4n) is 4.00. The Bertz CT molecular complexity index is 249. The molecule has 2 aliphatic rings. The Labute approximate surface area is 107 Å². The van der Waals surface area contributed by atoms with E-state index in [1.165, 1.54) is 25.7 Å². The maximum absolute atomic E-state index is 3.57. The van der Waals surface area contributed by atoms with Crippen LogP contribution in [0.5, 0.6) is 0 Å². The topological polar surface area (TPSA) is 15.3 Å². The van der Waals surface area contributed by atoms with Gasteiger partial charge in [0.1, 0.15) is 0 Å². The Kier molecular flexibility index (Phi) is 4.14. The minimum atomic E-state index is 0.681. The van der Waals surface area contributed by atoms with Crippen LogP contribution in [0, 0.1) is 17.8 Å². The Morgan fingerprint density at radius 2 is 1.82 bits per heavy atom. The molecular formula is C15H30N2. The van der Waals surface area contributed by atoms with Gasteiger partial charge in [0.15, 0.2) is 0 Å². The number of nitrogens with zero attached hydrogens (tertiary/aromatic N) is 1. The molecule has 2 rings (SSSR count). The standard InChI is InChI=1S/C15H30N2/c1-10-8-11(2)15(14(9-10)16-4)17(5)12(3)13-6-7-13/h10-16H,6-9H2,1-5H3. The minimum absolute atomic E-state index is 0.681.